The fraction of sp³-hybridized carbons (Fsp3) is 0.364. The van der Waals surface area contributed by atoms with Crippen molar-refractivity contribution in [3.05, 3.63) is 27.7 Å². The van der Waals surface area contributed by atoms with E-state index in [-0.39, 0.29) is 0 Å². The molecule has 0 saturated heterocycles. The Kier molecular flexibility index (Phi) is 2.74. The van der Waals surface area contributed by atoms with Crippen LogP contribution >= 0.6 is 15.9 Å². The molecule has 72 valence electrons. The van der Waals surface area contributed by atoms with Crippen molar-refractivity contribution in [2.75, 3.05) is 11.9 Å². The highest BCUT2D eigenvalue weighted by atomic mass is 79.9. The lowest BCUT2D eigenvalue weighted by Gasteiger charge is -2.21. The third-order valence-electron chi connectivity index (χ3n) is 2.55. The third-order valence-corrected chi connectivity index (χ3v) is 3.29. The minimum atomic E-state index is 0.492. The van der Waals surface area contributed by atoms with Crippen molar-refractivity contribution >= 4 is 21.6 Å². The molecule has 0 aliphatic carbocycles. The summed E-state index contributed by atoms with van der Waals surface area (Å²) >= 11 is 3.50. The van der Waals surface area contributed by atoms with Crippen LogP contribution in [0, 0.1) is 11.3 Å². The van der Waals surface area contributed by atoms with Gasteiger partial charge in [-0.25, -0.2) is 0 Å². The summed E-state index contributed by atoms with van der Waals surface area (Å²) in [5.41, 5.74) is 3.66. The summed E-state index contributed by atoms with van der Waals surface area (Å²) in [6.07, 6.45) is 2.73. The summed E-state index contributed by atoms with van der Waals surface area (Å²) in [5, 5.41) is 12.1. The Labute approximate surface area is 92.1 Å². The van der Waals surface area contributed by atoms with Crippen molar-refractivity contribution in [3.8, 4) is 6.07 Å². The number of hydrogen-bond donors (Lipinski definition) is 1. The smallest absolute Gasteiger partial charge is 0.0670 e. The molecule has 0 aromatic heterocycles. The molecule has 1 N–H and O–H groups in total. The van der Waals surface area contributed by atoms with Crippen LogP contribution in [0.3, 0.4) is 0 Å². The number of nitrogens with one attached hydrogen (secondary N) is 1. The van der Waals surface area contributed by atoms with Crippen molar-refractivity contribution in [2.45, 2.75) is 19.3 Å². The van der Waals surface area contributed by atoms with E-state index in [0.29, 0.717) is 6.42 Å². The Morgan fingerprint density at radius 3 is 3.14 bits per heavy atom. The molecule has 1 heterocycles. The van der Waals surface area contributed by atoms with E-state index in [1.807, 2.05) is 6.07 Å². The van der Waals surface area contributed by atoms with E-state index in [2.05, 4.69) is 33.4 Å². The number of fused-ring (bicyclic) bond motifs is 1. The number of nitriles is 1. The predicted molar refractivity (Wildman–Crippen MR) is 60.3 cm³/mol. The van der Waals surface area contributed by atoms with E-state index in [9.17, 15) is 0 Å². The molecule has 1 aliphatic heterocycles. The average Bonchev–Trinajstić information content (AvgIpc) is 2.23. The molecule has 2 rings (SSSR count). The summed E-state index contributed by atoms with van der Waals surface area (Å²) in [6.45, 7) is 1.04. The van der Waals surface area contributed by atoms with Gasteiger partial charge in [-0.3, -0.25) is 0 Å². The molecule has 0 unspecified atom stereocenters. The molecule has 1 aromatic carbocycles. The number of halogens is 1. The van der Waals surface area contributed by atoms with Gasteiger partial charge in [0.2, 0.25) is 0 Å². The van der Waals surface area contributed by atoms with Crippen molar-refractivity contribution in [1.82, 2.24) is 0 Å². The van der Waals surface area contributed by atoms with Crippen LogP contribution in [-0.4, -0.2) is 6.54 Å². The van der Waals surface area contributed by atoms with Crippen LogP contribution in [0.5, 0.6) is 0 Å². The van der Waals surface area contributed by atoms with Gasteiger partial charge in [0.05, 0.1) is 12.5 Å². The van der Waals surface area contributed by atoms with Gasteiger partial charge in [-0.2, -0.15) is 5.26 Å². The summed E-state index contributed by atoms with van der Waals surface area (Å²) in [5.74, 6) is 0. The fourth-order valence-electron chi connectivity index (χ4n) is 1.87. The molecule has 1 aliphatic rings. The molecule has 0 atom stereocenters. The summed E-state index contributed by atoms with van der Waals surface area (Å²) in [6, 6.07) is 6.32. The maximum Gasteiger partial charge on any atom is 0.0670 e. The third kappa shape index (κ3) is 1.62. The number of nitrogens with zero attached hydrogens (tertiary/aromatic N) is 1. The zero-order chi connectivity index (χ0) is 9.97. The highest BCUT2D eigenvalue weighted by molar-refractivity contribution is 9.10. The molecule has 2 nitrogen and oxygen atoms in total. The Morgan fingerprint density at radius 2 is 2.36 bits per heavy atom. The molecule has 0 fully saturated rings. The first-order valence-corrected chi connectivity index (χ1v) is 5.53. The lowest BCUT2D eigenvalue weighted by molar-refractivity contribution is 0.819. The normalized spacial score (nSPS) is 14.0. The minimum Gasteiger partial charge on any atom is -0.385 e. The molecule has 0 radical (unpaired) electrons. The van der Waals surface area contributed by atoms with Crippen LogP contribution in [0.1, 0.15) is 17.5 Å². The molecule has 0 bridgehead atoms. The maximum atomic E-state index is 8.75. The Hall–Kier alpha value is -1.01. The van der Waals surface area contributed by atoms with Crippen LogP contribution in [0.2, 0.25) is 0 Å². The molecule has 0 spiro atoms. The van der Waals surface area contributed by atoms with Gasteiger partial charge in [-0.05, 0) is 36.1 Å². The SMILES string of the molecule is N#CCc1c(Br)ccc2c1CCCN2. The largest absolute Gasteiger partial charge is 0.385 e. The van der Waals surface area contributed by atoms with Crippen LogP contribution in [0.25, 0.3) is 0 Å². The van der Waals surface area contributed by atoms with Gasteiger partial charge in [0, 0.05) is 16.7 Å². The van der Waals surface area contributed by atoms with Gasteiger partial charge in [-0.1, -0.05) is 15.9 Å². The standard InChI is InChI=1S/C11H11BrN2/c12-10-3-4-11-9(2-1-7-14-11)8(10)5-6-13/h3-4,14H,1-2,5,7H2. The molecule has 0 saturated carbocycles. The van der Waals surface area contributed by atoms with Gasteiger partial charge in [0.1, 0.15) is 0 Å². The first kappa shape index (κ1) is 9.54. The van der Waals surface area contributed by atoms with Crippen molar-refractivity contribution in [1.29, 1.82) is 5.26 Å². The first-order valence-electron chi connectivity index (χ1n) is 4.74. The van der Waals surface area contributed by atoms with Crippen LogP contribution in [-0.2, 0) is 12.8 Å². The molecular formula is C11H11BrN2. The van der Waals surface area contributed by atoms with Gasteiger partial charge < -0.3 is 5.32 Å². The van der Waals surface area contributed by atoms with Crippen molar-refractivity contribution in [2.24, 2.45) is 0 Å². The summed E-state index contributed by atoms with van der Waals surface area (Å²) in [7, 11) is 0. The fourth-order valence-corrected chi connectivity index (χ4v) is 2.39. The second-order valence-electron chi connectivity index (χ2n) is 3.42. The average molecular weight is 251 g/mol. The lowest BCUT2D eigenvalue weighted by atomic mass is 9.96. The number of anilines is 1. The Morgan fingerprint density at radius 1 is 1.50 bits per heavy atom. The topological polar surface area (TPSA) is 35.8 Å². The molecule has 14 heavy (non-hydrogen) atoms. The van der Waals surface area contributed by atoms with Gasteiger partial charge in [0.15, 0.2) is 0 Å². The van der Waals surface area contributed by atoms with E-state index < -0.39 is 0 Å². The van der Waals surface area contributed by atoms with E-state index in [0.717, 1.165) is 29.4 Å². The van der Waals surface area contributed by atoms with E-state index in [4.69, 9.17) is 5.26 Å². The summed E-state index contributed by atoms with van der Waals surface area (Å²) < 4.78 is 1.06. The van der Waals surface area contributed by atoms with E-state index in [1.165, 1.54) is 11.3 Å². The molecule has 1 aromatic rings. The predicted octanol–water partition coefficient (Wildman–Crippen LogP) is 2.87. The lowest BCUT2D eigenvalue weighted by Crippen LogP contribution is -2.13. The quantitative estimate of drug-likeness (QED) is 0.833. The number of benzene rings is 1. The van der Waals surface area contributed by atoms with Gasteiger partial charge in [0.25, 0.3) is 0 Å². The monoisotopic (exact) mass is 250 g/mol. The van der Waals surface area contributed by atoms with Crippen LogP contribution < -0.4 is 5.32 Å². The number of rotatable bonds is 1. The molecule has 0 amide bonds. The zero-order valence-corrected chi connectivity index (χ0v) is 9.39. The van der Waals surface area contributed by atoms with E-state index in [1.54, 1.807) is 0 Å². The van der Waals surface area contributed by atoms with Gasteiger partial charge >= 0.3 is 0 Å². The highest BCUT2D eigenvalue weighted by Gasteiger charge is 2.14. The van der Waals surface area contributed by atoms with Crippen LogP contribution in [0.4, 0.5) is 5.69 Å². The first-order chi connectivity index (χ1) is 6.83. The van der Waals surface area contributed by atoms with Crippen molar-refractivity contribution in [3.63, 3.8) is 0 Å². The van der Waals surface area contributed by atoms with Gasteiger partial charge in [-0.15, -0.1) is 0 Å². The van der Waals surface area contributed by atoms with E-state index >= 15 is 0 Å². The zero-order valence-electron chi connectivity index (χ0n) is 7.81. The van der Waals surface area contributed by atoms with Crippen molar-refractivity contribution < 1.29 is 0 Å². The Balaban J connectivity index is 2.50. The number of hydrogen-bond acceptors (Lipinski definition) is 2. The summed E-state index contributed by atoms with van der Waals surface area (Å²) in [4.78, 5) is 0. The molecular weight excluding hydrogens is 240 g/mol. The Bertz CT molecular complexity index is 393. The maximum absolute atomic E-state index is 8.75. The second-order valence-corrected chi connectivity index (χ2v) is 4.27. The highest BCUT2D eigenvalue weighted by Crippen LogP contribution is 2.31. The van der Waals surface area contributed by atoms with Crippen LogP contribution in [0.15, 0.2) is 16.6 Å². The molecule has 3 heteroatoms. The minimum absolute atomic E-state index is 0.492. The second kappa shape index (κ2) is 4.02.